The second kappa shape index (κ2) is 10.6. The van der Waals surface area contributed by atoms with Gasteiger partial charge in [-0.15, -0.1) is 0 Å². The Hall–Kier alpha value is -2.87. The van der Waals surface area contributed by atoms with Gasteiger partial charge in [0, 0.05) is 51.9 Å². The first-order chi connectivity index (χ1) is 15.4. The molecule has 3 rings (SSSR count). The van der Waals surface area contributed by atoms with Gasteiger partial charge in [-0.25, -0.2) is 9.59 Å². The number of likely N-dealkylation sites (N-methyl/N-ethyl adjacent to an activating group) is 1. The highest BCUT2D eigenvalue weighted by molar-refractivity contribution is 5.95. The first-order valence-electron chi connectivity index (χ1n) is 11.4. The number of nitrogens with one attached hydrogen (secondary N) is 1. The van der Waals surface area contributed by atoms with Crippen LogP contribution in [0.4, 0.5) is 4.79 Å². The molecule has 1 atom stereocenters. The number of hydrogen-bond acceptors (Lipinski definition) is 5. The minimum Gasteiger partial charge on any atom is -0.463 e. The maximum absolute atomic E-state index is 13.1. The quantitative estimate of drug-likeness (QED) is 0.685. The molecule has 0 radical (unpaired) electrons. The normalized spacial score (nSPS) is 20.1. The number of rotatable bonds is 6. The number of hydrogen-bond donors (Lipinski definition) is 1. The van der Waals surface area contributed by atoms with E-state index in [9.17, 15) is 14.4 Å². The Labute approximate surface area is 190 Å². The summed E-state index contributed by atoms with van der Waals surface area (Å²) < 4.78 is 5.42. The molecule has 1 N–H and O–H groups in total. The van der Waals surface area contributed by atoms with E-state index in [-0.39, 0.29) is 18.5 Å². The van der Waals surface area contributed by atoms with Gasteiger partial charge in [0.1, 0.15) is 0 Å². The Morgan fingerprint density at radius 1 is 1.12 bits per heavy atom. The largest absolute Gasteiger partial charge is 0.463 e. The highest BCUT2D eigenvalue weighted by Crippen LogP contribution is 2.33. The van der Waals surface area contributed by atoms with Crippen LogP contribution in [0.2, 0.25) is 0 Å². The fraction of sp³-hybridized carbons (Fsp3) is 0.542. The molecule has 32 heavy (non-hydrogen) atoms. The summed E-state index contributed by atoms with van der Waals surface area (Å²) >= 11 is 0. The minimum atomic E-state index is -0.570. The van der Waals surface area contributed by atoms with Gasteiger partial charge in [0.05, 0.1) is 18.2 Å². The van der Waals surface area contributed by atoms with Crippen molar-refractivity contribution in [3.8, 4) is 0 Å². The number of carbonyl (C=O) groups is 3. The first-order valence-corrected chi connectivity index (χ1v) is 11.4. The average molecular weight is 443 g/mol. The molecule has 1 fully saturated rings. The molecule has 1 aromatic rings. The molecule has 0 aliphatic carbocycles. The Kier molecular flexibility index (Phi) is 7.90. The van der Waals surface area contributed by atoms with E-state index < -0.39 is 12.0 Å². The van der Waals surface area contributed by atoms with Crippen molar-refractivity contribution in [2.24, 2.45) is 0 Å². The summed E-state index contributed by atoms with van der Waals surface area (Å²) in [6, 6.07) is 6.92. The number of urea groups is 1. The molecule has 2 aliphatic rings. The van der Waals surface area contributed by atoms with Crippen molar-refractivity contribution in [2.45, 2.75) is 39.7 Å². The second-order valence-corrected chi connectivity index (χ2v) is 8.24. The van der Waals surface area contributed by atoms with Gasteiger partial charge < -0.3 is 15.0 Å². The maximum atomic E-state index is 13.1. The lowest BCUT2D eigenvalue weighted by molar-refractivity contribution is -0.139. The van der Waals surface area contributed by atoms with Gasteiger partial charge in [0.25, 0.3) is 0 Å². The number of nitrogens with zero attached hydrogens (tertiary/aromatic N) is 3. The number of esters is 1. The van der Waals surface area contributed by atoms with Crippen LogP contribution in [0.1, 0.15) is 43.9 Å². The van der Waals surface area contributed by atoms with Crippen LogP contribution in [0.25, 0.3) is 0 Å². The van der Waals surface area contributed by atoms with E-state index in [4.69, 9.17) is 4.74 Å². The molecule has 1 saturated heterocycles. The summed E-state index contributed by atoms with van der Waals surface area (Å²) in [7, 11) is 1.68. The third-order valence-electron chi connectivity index (χ3n) is 6.19. The summed E-state index contributed by atoms with van der Waals surface area (Å²) in [6.07, 6.45) is 1.35. The third-order valence-corrected chi connectivity index (χ3v) is 6.19. The molecule has 2 heterocycles. The smallest absolute Gasteiger partial charge is 0.338 e. The summed E-state index contributed by atoms with van der Waals surface area (Å²) in [5.41, 5.74) is 2.99. The third kappa shape index (κ3) is 5.12. The zero-order valence-corrected chi connectivity index (χ0v) is 19.5. The summed E-state index contributed by atoms with van der Waals surface area (Å²) in [5.74, 6) is -0.257. The van der Waals surface area contributed by atoms with Crippen molar-refractivity contribution in [1.82, 2.24) is 20.0 Å². The van der Waals surface area contributed by atoms with Crippen LogP contribution in [0.15, 0.2) is 35.5 Å². The highest BCUT2D eigenvalue weighted by atomic mass is 16.5. The van der Waals surface area contributed by atoms with Crippen LogP contribution < -0.4 is 5.32 Å². The molecule has 3 amide bonds. The van der Waals surface area contributed by atoms with Crippen molar-refractivity contribution in [2.75, 3.05) is 46.4 Å². The van der Waals surface area contributed by atoms with E-state index in [1.54, 1.807) is 14.0 Å². The Bertz CT molecular complexity index is 898. The molecule has 8 nitrogen and oxygen atoms in total. The van der Waals surface area contributed by atoms with Crippen LogP contribution in [0.5, 0.6) is 0 Å². The van der Waals surface area contributed by atoms with E-state index in [1.807, 2.05) is 43.0 Å². The van der Waals surface area contributed by atoms with Crippen LogP contribution in [-0.2, 0) is 14.3 Å². The van der Waals surface area contributed by atoms with Crippen LogP contribution in [-0.4, -0.2) is 79.0 Å². The van der Waals surface area contributed by atoms with E-state index in [1.165, 1.54) is 4.90 Å². The number of carbonyl (C=O) groups excluding carboxylic acids is 3. The van der Waals surface area contributed by atoms with Gasteiger partial charge >= 0.3 is 12.0 Å². The fourth-order valence-corrected chi connectivity index (χ4v) is 4.36. The lowest BCUT2D eigenvalue weighted by Crippen LogP contribution is -2.49. The predicted molar refractivity (Wildman–Crippen MR) is 122 cm³/mol. The molecular weight excluding hydrogens is 408 g/mol. The molecular formula is C24H34N4O4. The molecule has 0 unspecified atom stereocenters. The van der Waals surface area contributed by atoms with Gasteiger partial charge in [-0.05, 0) is 31.4 Å². The summed E-state index contributed by atoms with van der Waals surface area (Å²) in [6.45, 7) is 9.17. The van der Waals surface area contributed by atoms with Crippen LogP contribution in [0.3, 0.4) is 0 Å². The van der Waals surface area contributed by atoms with Crippen molar-refractivity contribution in [1.29, 1.82) is 0 Å². The van der Waals surface area contributed by atoms with Gasteiger partial charge in [0.2, 0.25) is 5.91 Å². The molecule has 0 aromatic heterocycles. The van der Waals surface area contributed by atoms with Gasteiger partial charge in [-0.1, -0.05) is 31.2 Å². The van der Waals surface area contributed by atoms with Crippen molar-refractivity contribution in [3.63, 3.8) is 0 Å². The van der Waals surface area contributed by atoms with Gasteiger partial charge in [-0.2, -0.15) is 0 Å². The topological polar surface area (TPSA) is 82.2 Å². The minimum absolute atomic E-state index is 0.159. The second-order valence-electron chi connectivity index (χ2n) is 8.24. The summed E-state index contributed by atoms with van der Waals surface area (Å²) in [4.78, 5) is 43.7. The van der Waals surface area contributed by atoms with Crippen LogP contribution >= 0.6 is 0 Å². The number of aryl methyl sites for hydroxylation is 1. The molecule has 0 spiro atoms. The van der Waals surface area contributed by atoms with E-state index >= 15 is 0 Å². The fourth-order valence-electron chi connectivity index (χ4n) is 4.36. The Balaban J connectivity index is 1.96. The first kappa shape index (κ1) is 23.8. The molecule has 8 heteroatoms. The lowest BCUT2D eigenvalue weighted by Gasteiger charge is -2.37. The van der Waals surface area contributed by atoms with E-state index in [0.717, 1.165) is 30.6 Å². The molecule has 1 aromatic carbocycles. The number of amides is 3. The van der Waals surface area contributed by atoms with Crippen molar-refractivity contribution >= 4 is 17.9 Å². The van der Waals surface area contributed by atoms with Gasteiger partial charge in [0.15, 0.2) is 0 Å². The zero-order chi connectivity index (χ0) is 23.3. The van der Waals surface area contributed by atoms with E-state index in [2.05, 4.69) is 10.2 Å². The van der Waals surface area contributed by atoms with E-state index in [0.29, 0.717) is 37.3 Å². The Morgan fingerprint density at radius 3 is 2.56 bits per heavy atom. The standard InChI is InChI=1S/C24H34N4O4/c1-5-20(29)28-13-9-12-27(14-15-28)16-19-21(23(30)32-6-2)22(25-24(31)26(19)4)18-11-8-7-10-17(18)3/h7-8,10-11,22H,5-6,9,12-16H2,1-4H3,(H,25,31)/t22-/m0/s1. The Morgan fingerprint density at radius 2 is 1.88 bits per heavy atom. The lowest BCUT2D eigenvalue weighted by atomic mass is 9.91. The SMILES string of the molecule is CCOC(=O)C1=C(CN2CCCN(C(=O)CC)CC2)N(C)C(=O)N[C@H]1c1ccccc1C. The number of benzene rings is 1. The monoisotopic (exact) mass is 442 g/mol. The maximum Gasteiger partial charge on any atom is 0.338 e. The molecule has 2 aliphatic heterocycles. The highest BCUT2D eigenvalue weighted by Gasteiger charge is 2.38. The van der Waals surface area contributed by atoms with Crippen molar-refractivity contribution in [3.05, 3.63) is 46.7 Å². The zero-order valence-electron chi connectivity index (χ0n) is 19.5. The molecule has 0 bridgehead atoms. The number of ether oxygens (including phenoxy) is 1. The molecule has 0 saturated carbocycles. The average Bonchev–Trinajstić information content (AvgIpc) is 3.02. The van der Waals surface area contributed by atoms with Gasteiger partial charge in [-0.3, -0.25) is 14.6 Å². The van der Waals surface area contributed by atoms with Crippen LogP contribution in [0, 0.1) is 6.92 Å². The van der Waals surface area contributed by atoms with Crippen molar-refractivity contribution < 1.29 is 19.1 Å². The predicted octanol–water partition coefficient (Wildman–Crippen LogP) is 2.45. The molecule has 174 valence electrons. The summed E-state index contributed by atoms with van der Waals surface area (Å²) in [5, 5.41) is 2.98.